The van der Waals surface area contributed by atoms with E-state index in [1.165, 1.54) is 6.08 Å². The number of rotatable bonds is 9. The van der Waals surface area contributed by atoms with E-state index >= 15 is 0 Å². The number of ether oxygens (including phenoxy) is 1. The summed E-state index contributed by atoms with van der Waals surface area (Å²) in [5, 5.41) is 13.7. The number of hydrogen-bond acceptors (Lipinski definition) is 4. The Morgan fingerprint density at radius 3 is 2.38 bits per heavy atom. The van der Waals surface area contributed by atoms with Crippen molar-refractivity contribution < 1.29 is 24.2 Å². The summed E-state index contributed by atoms with van der Waals surface area (Å²) < 4.78 is 5.00. The largest absolute Gasteiger partial charge is 0.480 e. The van der Waals surface area contributed by atoms with Crippen LogP contribution in [0.4, 0.5) is 0 Å². The Kier molecular flexibility index (Phi) is 8.30. The zero-order chi connectivity index (χ0) is 16.5. The molecule has 0 radical (unpaired) electrons. The van der Waals surface area contributed by atoms with Crippen molar-refractivity contribution in [2.45, 2.75) is 33.2 Å². The van der Waals surface area contributed by atoms with Crippen molar-refractivity contribution in [2.75, 3.05) is 19.8 Å². The lowest BCUT2D eigenvalue weighted by Crippen LogP contribution is -2.48. The summed E-state index contributed by atoms with van der Waals surface area (Å²) in [4.78, 5) is 34.1. The van der Waals surface area contributed by atoms with Gasteiger partial charge in [-0.15, -0.1) is 6.58 Å². The van der Waals surface area contributed by atoms with Gasteiger partial charge in [0.15, 0.2) is 6.04 Å². The van der Waals surface area contributed by atoms with Gasteiger partial charge in [0.25, 0.3) is 0 Å². The lowest BCUT2D eigenvalue weighted by atomic mass is 9.92. The number of hydrogen-bond donors (Lipinski definition) is 3. The van der Waals surface area contributed by atoms with Crippen LogP contribution >= 0.6 is 0 Å². The number of carboxylic acids is 1. The fourth-order valence-corrected chi connectivity index (χ4v) is 1.41. The van der Waals surface area contributed by atoms with Crippen molar-refractivity contribution in [1.82, 2.24) is 10.6 Å². The lowest BCUT2D eigenvalue weighted by molar-refractivity contribution is -0.143. The molecule has 0 rings (SSSR count). The first-order valence-corrected chi connectivity index (χ1v) is 6.63. The van der Waals surface area contributed by atoms with Gasteiger partial charge in [0.2, 0.25) is 11.8 Å². The van der Waals surface area contributed by atoms with Crippen LogP contribution in [0.2, 0.25) is 0 Å². The Labute approximate surface area is 124 Å². The van der Waals surface area contributed by atoms with Crippen LogP contribution in [0.3, 0.4) is 0 Å². The maximum atomic E-state index is 11.6. The number of carboxylic acid groups (broad SMARTS) is 1. The first-order chi connectivity index (χ1) is 9.65. The van der Waals surface area contributed by atoms with Crippen molar-refractivity contribution in [3.63, 3.8) is 0 Å². The smallest absolute Gasteiger partial charge is 0.328 e. The summed E-state index contributed by atoms with van der Waals surface area (Å²) in [6.45, 7) is 8.92. The van der Waals surface area contributed by atoms with E-state index in [9.17, 15) is 14.4 Å². The van der Waals surface area contributed by atoms with Gasteiger partial charge in [-0.2, -0.15) is 0 Å². The van der Waals surface area contributed by atoms with Crippen molar-refractivity contribution in [2.24, 2.45) is 5.41 Å². The molecule has 0 saturated carbocycles. The van der Waals surface area contributed by atoms with Crippen molar-refractivity contribution >= 4 is 17.8 Å². The van der Waals surface area contributed by atoms with E-state index in [-0.39, 0.29) is 37.5 Å². The van der Waals surface area contributed by atoms with Gasteiger partial charge in [-0.05, 0) is 5.41 Å². The van der Waals surface area contributed by atoms with Crippen molar-refractivity contribution in [3.8, 4) is 0 Å². The molecule has 0 aliphatic heterocycles. The molecule has 7 heteroatoms. The lowest BCUT2D eigenvalue weighted by Gasteiger charge is -2.18. The fraction of sp³-hybridized carbons (Fsp3) is 0.643. The number of carbonyl (C=O) groups excluding carboxylic acids is 2. The van der Waals surface area contributed by atoms with Crippen molar-refractivity contribution in [1.29, 1.82) is 0 Å². The Bertz CT molecular complexity index is 387. The molecule has 3 N–H and O–H groups in total. The minimum absolute atomic E-state index is 0.164. The van der Waals surface area contributed by atoms with Crippen LogP contribution in [0.15, 0.2) is 12.7 Å². The molecule has 0 aromatic carbocycles. The second kappa shape index (κ2) is 9.12. The zero-order valence-electron chi connectivity index (χ0n) is 12.8. The molecule has 0 aromatic rings. The molecule has 0 spiro atoms. The zero-order valence-corrected chi connectivity index (χ0v) is 12.8. The molecular formula is C14H24N2O5. The minimum Gasteiger partial charge on any atom is -0.480 e. The third kappa shape index (κ3) is 10.5. The molecule has 0 heterocycles. The summed E-state index contributed by atoms with van der Waals surface area (Å²) in [5.74, 6) is -2.03. The van der Waals surface area contributed by atoms with Crippen LogP contribution in [0.5, 0.6) is 0 Å². The second-order valence-electron chi connectivity index (χ2n) is 5.80. The van der Waals surface area contributed by atoms with E-state index in [2.05, 4.69) is 17.2 Å². The first-order valence-electron chi connectivity index (χ1n) is 6.63. The van der Waals surface area contributed by atoms with E-state index in [1.807, 2.05) is 20.8 Å². The van der Waals surface area contributed by atoms with Gasteiger partial charge in [-0.3, -0.25) is 9.59 Å². The second-order valence-corrected chi connectivity index (χ2v) is 5.80. The van der Waals surface area contributed by atoms with E-state index < -0.39 is 17.9 Å². The quantitative estimate of drug-likeness (QED) is 0.420. The maximum absolute atomic E-state index is 11.6. The third-order valence-corrected chi connectivity index (χ3v) is 2.29. The monoisotopic (exact) mass is 300 g/mol. The Morgan fingerprint density at radius 1 is 1.29 bits per heavy atom. The predicted molar refractivity (Wildman–Crippen MR) is 77.7 cm³/mol. The van der Waals surface area contributed by atoms with Crippen LogP contribution in [-0.2, 0) is 19.1 Å². The molecule has 0 bridgehead atoms. The Morgan fingerprint density at radius 2 is 1.90 bits per heavy atom. The molecule has 1 unspecified atom stereocenters. The van der Waals surface area contributed by atoms with Gasteiger partial charge in [0.05, 0.1) is 19.8 Å². The normalized spacial score (nSPS) is 12.3. The summed E-state index contributed by atoms with van der Waals surface area (Å²) in [6, 6.07) is -1.16. The van der Waals surface area contributed by atoms with Gasteiger partial charge in [-0.1, -0.05) is 26.8 Å². The van der Waals surface area contributed by atoms with Crippen LogP contribution in [-0.4, -0.2) is 48.7 Å². The van der Waals surface area contributed by atoms with Gasteiger partial charge >= 0.3 is 5.97 Å². The van der Waals surface area contributed by atoms with Crippen LogP contribution in [0.25, 0.3) is 0 Å². The summed E-state index contributed by atoms with van der Waals surface area (Å²) >= 11 is 0. The molecule has 120 valence electrons. The fourth-order valence-electron chi connectivity index (χ4n) is 1.41. The van der Waals surface area contributed by atoms with Crippen LogP contribution in [0.1, 0.15) is 27.2 Å². The van der Waals surface area contributed by atoms with Crippen molar-refractivity contribution in [3.05, 3.63) is 12.7 Å². The van der Waals surface area contributed by atoms with E-state index in [0.717, 1.165) is 0 Å². The number of nitrogens with one attached hydrogen (secondary N) is 2. The first kappa shape index (κ1) is 19.1. The molecule has 21 heavy (non-hydrogen) atoms. The predicted octanol–water partition coefficient (Wildman–Crippen LogP) is 0.311. The molecule has 0 aliphatic rings. The minimum atomic E-state index is -1.20. The standard InChI is InChI=1S/C14H24N2O5/c1-5-6-21-9-10(13(19)20)16-12(18)8-15-11(17)7-14(2,3)4/h5,10H,1,6-9H2,2-4H3,(H,15,17)(H,16,18)(H,19,20). The molecule has 2 amide bonds. The Balaban J connectivity index is 4.17. The highest BCUT2D eigenvalue weighted by molar-refractivity contribution is 5.88. The molecular weight excluding hydrogens is 276 g/mol. The number of aliphatic carboxylic acids is 1. The van der Waals surface area contributed by atoms with Gasteiger partial charge < -0.3 is 20.5 Å². The molecule has 0 aliphatic carbocycles. The van der Waals surface area contributed by atoms with Gasteiger partial charge in [-0.25, -0.2) is 4.79 Å². The SMILES string of the molecule is C=CCOCC(NC(=O)CNC(=O)CC(C)(C)C)C(=O)O. The molecule has 1 atom stereocenters. The van der Waals surface area contributed by atoms with Crippen LogP contribution in [0, 0.1) is 5.41 Å². The average molecular weight is 300 g/mol. The highest BCUT2D eigenvalue weighted by atomic mass is 16.5. The van der Waals surface area contributed by atoms with Crippen LogP contribution < -0.4 is 10.6 Å². The van der Waals surface area contributed by atoms with Gasteiger partial charge in [0.1, 0.15) is 0 Å². The summed E-state index contributed by atoms with van der Waals surface area (Å²) in [6.07, 6.45) is 1.76. The van der Waals surface area contributed by atoms with Gasteiger partial charge in [0, 0.05) is 6.42 Å². The highest BCUT2D eigenvalue weighted by Gasteiger charge is 2.21. The topological polar surface area (TPSA) is 105 Å². The molecule has 7 nitrogen and oxygen atoms in total. The average Bonchev–Trinajstić information content (AvgIpc) is 2.33. The van der Waals surface area contributed by atoms with E-state index in [1.54, 1.807) is 0 Å². The Hall–Kier alpha value is -1.89. The highest BCUT2D eigenvalue weighted by Crippen LogP contribution is 2.17. The summed E-state index contributed by atoms with van der Waals surface area (Å²) in [7, 11) is 0. The maximum Gasteiger partial charge on any atom is 0.328 e. The van der Waals surface area contributed by atoms with E-state index in [0.29, 0.717) is 0 Å². The molecule has 0 aromatic heterocycles. The number of carbonyl (C=O) groups is 3. The third-order valence-electron chi connectivity index (χ3n) is 2.29. The molecule has 0 saturated heterocycles. The molecule has 0 fully saturated rings. The summed E-state index contributed by atoms with van der Waals surface area (Å²) in [5.41, 5.74) is -0.178. The van der Waals surface area contributed by atoms with E-state index in [4.69, 9.17) is 9.84 Å². The number of amides is 2.